The third kappa shape index (κ3) is 3.13. The fourth-order valence-corrected chi connectivity index (χ4v) is 5.76. The summed E-state index contributed by atoms with van der Waals surface area (Å²) in [6, 6.07) is 6.99. The van der Waals surface area contributed by atoms with Crippen LogP contribution in [0.25, 0.3) is 0 Å². The van der Waals surface area contributed by atoms with Crippen LogP contribution in [0.1, 0.15) is 19.4 Å². The molecule has 1 heterocycles. The SMILES string of the molecule is CC1CN(S(=O)(=O)c2ccccc2CN)CC(C)S1. The maximum Gasteiger partial charge on any atom is 0.243 e. The van der Waals surface area contributed by atoms with E-state index < -0.39 is 10.0 Å². The van der Waals surface area contributed by atoms with E-state index in [0.717, 1.165) is 0 Å². The Morgan fingerprint density at radius 3 is 2.42 bits per heavy atom. The number of nitrogens with two attached hydrogens (primary N) is 1. The maximum atomic E-state index is 12.7. The van der Waals surface area contributed by atoms with Gasteiger partial charge < -0.3 is 5.73 Å². The Morgan fingerprint density at radius 2 is 1.84 bits per heavy atom. The molecule has 2 N–H and O–H groups in total. The molecule has 0 aromatic heterocycles. The van der Waals surface area contributed by atoms with Gasteiger partial charge in [-0.2, -0.15) is 16.1 Å². The van der Waals surface area contributed by atoms with Crippen molar-refractivity contribution in [1.82, 2.24) is 4.31 Å². The third-order valence-corrected chi connectivity index (χ3v) is 6.36. The van der Waals surface area contributed by atoms with E-state index in [-0.39, 0.29) is 6.54 Å². The number of benzene rings is 1. The Morgan fingerprint density at radius 1 is 1.26 bits per heavy atom. The number of rotatable bonds is 3. The average molecular weight is 300 g/mol. The molecule has 2 atom stereocenters. The van der Waals surface area contributed by atoms with E-state index in [1.165, 1.54) is 0 Å². The van der Waals surface area contributed by atoms with E-state index in [4.69, 9.17) is 5.73 Å². The van der Waals surface area contributed by atoms with Crippen LogP contribution < -0.4 is 5.73 Å². The fourth-order valence-electron chi connectivity index (χ4n) is 2.39. The minimum Gasteiger partial charge on any atom is -0.326 e. The molecule has 1 aromatic carbocycles. The zero-order chi connectivity index (χ0) is 14.0. The van der Waals surface area contributed by atoms with E-state index in [0.29, 0.717) is 34.0 Å². The van der Waals surface area contributed by atoms with Crippen molar-refractivity contribution in [3.8, 4) is 0 Å². The van der Waals surface area contributed by atoms with Gasteiger partial charge in [-0.05, 0) is 11.6 Å². The number of thioether (sulfide) groups is 1. The topological polar surface area (TPSA) is 63.4 Å². The lowest BCUT2D eigenvalue weighted by atomic mass is 10.2. The number of hydrogen-bond acceptors (Lipinski definition) is 4. The van der Waals surface area contributed by atoms with Gasteiger partial charge in [-0.1, -0.05) is 32.0 Å². The molecule has 0 saturated carbocycles. The minimum atomic E-state index is -3.43. The zero-order valence-electron chi connectivity index (χ0n) is 11.2. The molecule has 1 fully saturated rings. The molecule has 1 aromatic rings. The lowest BCUT2D eigenvalue weighted by molar-refractivity contribution is 0.404. The Balaban J connectivity index is 2.36. The van der Waals surface area contributed by atoms with Crippen LogP contribution in [0.5, 0.6) is 0 Å². The number of hydrogen-bond donors (Lipinski definition) is 1. The van der Waals surface area contributed by atoms with Crippen molar-refractivity contribution >= 4 is 21.8 Å². The second kappa shape index (κ2) is 5.83. The largest absolute Gasteiger partial charge is 0.326 e. The normalized spacial score (nSPS) is 25.4. The second-order valence-electron chi connectivity index (χ2n) is 4.89. The second-order valence-corrected chi connectivity index (χ2v) is 8.68. The van der Waals surface area contributed by atoms with Crippen molar-refractivity contribution in [1.29, 1.82) is 0 Å². The number of nitrogens with zero attached hydrogens (tertiary/aromatic N) is 1. The van der Waals surface area contributed by atoms with Gasteiger partial charge in [0.15, 0.2) is 0 Å². The quantitative estimate of drug-likeness (QED) is 0.922. The summed E-state index contributed by atoms with van der Waals surface area (Å²) in [6.45, 7) is 5.50. The van der Waals surface area contributed by atoms with E-state index >= 15 is 0 Å². The molecule has 0 spiro atoms. The van der Waals surface area contributed by atoms with E-state index in [1.807, 2.05) is 17.8 Å². The van der Waals surface area contributed by atoms with Crippen molar-refractivity contribution in [3.63, 3.8) is 0 Å². The van der Waals surface area contributed by atoms with Crippen molar-refractivity contribution in [2.45, 2.75) is 35.8 Å². The van der Waals surface area contributed by atoms with E-state index in [9.17, 15) is 8.42 Å². The summed E-state index contributed by atoms with van der Waals surface area (Å²) in [5, 5.41) is 0.645. The van der Waals surface area contributed by atoms with Crippen LogP contribution in [0.4, 0.5) is 0 Å². The smallest absolute Gasteiger partial charge is 0.243 e. The first kappa shape index (κ1) is 14.8. The molecule has 2 unspecified atom stereocenters. The average Bonchev–Trinajstić information content (AvgIpc) is 2.37. The van der Waals surface area contributed by atoms with E-state index in [1.54, 1.807) is 22.5 Å². The van der Waals surface area contributed by atoms with Crippen LogP contribution in [0.2, 0.25) is 0 Å². The summed E-state index contributed by atoms with van der Waals surface area (Å²) in [5.41, 5.74) is 6.33. The molecule has 6 heteroatoms. The summed E-state index contributed by atoms with van der Waals surface area (Å²) in [6.07, 6.45) is 0. The van der Waals surface area contributed by atoms with Gasteiger partial charge in [-0.15, -0.1) is 0 Å². The molecule has 0 amide bonds. The standard InChI is InChI=1S/C13H20N2O2S2/c1-10-8-15(9-11(2)18-10)19(16,17)13-6-4-3-5-12(13)7-14/h3-6,10-11H,7-9,14H2,1-2H3. The molecular formula is C13H20N2O2S2. The number of sulfonamides is 1. The van der Waals surface area contributed by atoms with Gasteiger partial charge in [0.05, 0.1) is 4.90 Å². The lowest BCUT2D eigenvalue weighted by Crippen LogP contribution is -2.44. The van der Waals surface area contributed by atoms with Crippen molar-refractivity contribution in [3.05, 3.63) is 29.8 Å². The van der Waals surface area contributed by atoms with E-state index in [2.05, 4.69) is 13.8 Å². The maximum absolute atomic E-state index is 12.7. The van der Waals surface area contributed by atoms with Gasteiger partial charge in [0.25, 0.3) is 0 Å². The molecule has 0 radical (unpaired) electrons. The molecule has 106 valence electrons. The first-order chi connectivity index (χ1) is 8.95. The predicted octanol–water partition coefficient (Wildman–Crippen LogP) is 1.66. The molecule has 4 nitrogen and oxygen atoms in total. The molecule has 2 rings (SSSR count). The van der Waals surface area contributed by atoms with Crippen molar-refractivity contribution < 1.29 is 8.42 Å². The summed E-state index contributed by atoms with van der Waals surface area (Å²) < 4.78 is 27.0. The summed E-state index contributed by atoms with van der Waals surface area (Å²) >= 11 is 1.84. The Kier molecular flexibility index (Phi) is 4.55. The zero-order valence-corrected chi connectivity index (χ0v) is 12.9. The molecule has 0 aliphatic carbocycles. The highest BCUT2D eigenvalue weighted by molar-refractivity contribution is 8.00. The third-order valence-electron chi connectivity index (χ3n) is 3.20. The highest BCUT2D eigenvalue weighted by Gasteiger charge is 2.32. The Labute approximate surface area is 119 Å². The van der Waals surface area contributed by atoms with Crippen molar-refractivity contribution in [2.24, 2.45) is 5.73 Å². The molecule has 0 bridgehead atoms. The van der Waals surface area contributed by atoms with Crippen LogP contribution in [-0.4, -0.2) is 36.3 Å². The monoisotopic (exact) mass is 300 g/mol. The minimum absolute atomic E-state index is 0.239. The highest BCUT2D eigenvalue weighted by Crippen LogP contribution is 2.29. The molecule has 1 aliphatic heterocycles. The van der Waals surface area contributed by atoms with Crippen LogP contribution in [0.3, 0.4) is 0 Å². The van der Waals surface area contributed by atoms with Crippen LogP contribution in [-0.2, 0) is 16.6 Å². The molecule has 1 saturated heterocycles. The van der Waals surface area contributed by atoms with Gasteiger partial charge in [-0.25, -0.2) is 8.42 Å². The van der Waals surface area contributed by atoms with Gasteiger partial charge in [0.1, 0.15) is 0 Å². The van der Waals surface area contributed by atoms with Crippen LogP contribution in [0.15, 0.2) is 29.2 Å². The Hall–Kier alpha value is -0.560. The summed E-state index contributed by atoms with van der Waals surface area (Å²) in [4.78, 5) is 0.351. The summed E-state index contributed by atoms with van der Waals surface area (Å²) in [5.74, 6) is 0. The van der Waals surface area contributed by atoms with Gasteiger partial charge in [0, 0.05) is 30.1 Å². The fraction of sp³-hybridized carbons (Fsp3) is 0.538. The molecule has 1 aliphatic rings. The lowest BCUT2D eigenvalue weighted by Gasteiger charge is -2.34. The van der Waals surface area contributed by atoms with Crippen molar-refractivity contribution in [2.75, 3.05) is 13.1 Å². The first-order valence-electron chi connectivity index (χ1n) is 6.38. The van der Waals surface area contributed by atoms with Crippen LogP contribution in [0, 0.1) is 0 Å². The van der Waals surface area contributed by atoms with Gasteiger partial charge in [-0.3, -0.25) is 0 Å². The summed E-state index contributed by atoms with van der Waals surface area (Å²) in [7, 11) is -3.43. The van der Waals surface area contributed by atoms with Gasteiger partial charge in [0.2, 0.25) is 10.0 Å². The molecule has 19 heavy (non-hydrogen) atoms. The highest BCUT2D eigenvalue weighted by atomic mass is 32.2. The Bertz CT molecular complexity index is 535. The van der Waals surface area contributed by atoms with Gasteiger partial charge >= 0.3 is 0 Å². The van der Waals surface area contributed by atoms with Crippen LogP contribution >= 0.6 is 11.8 Å². The molecular weight excluding hydrogens is 280 g/mol. The predicted molar refractivity (Wildman–Crippen MR) is 79.6 cm³/mol. The first-order valence-corrected chi connectivity index (χ1v) is 8.77.